The quantitative estimate of drug-likeness (QED) is 0.708. The van der Waals surface area contributed by atoms with E-state index in [1.165, 1.54) is 15.9 Å². The minimum atomic E-state index is -0.484. The van der Waals surface area contributed by atoms with Crippen molar-refractivity contribution in [3.8, 4) is 5.75 Å². The smallest absolute Gasteiger partial charge is 0.324 e. The van der Waals surface area contributed by atoms with Gasteiger partial charge < -0.3 is 14.4 Å². The van der Waals surface area contributed by atoms with Gasteiger partial charge in [-0.15, -0.1) is 0 Å². The number of nitrogens with zero attached hydrogens (tertiary/aromatic N) is 2. The topological polar surface area (TPSA) is 49.9 Å². The third-order valence-corrected chi connectivity index (χ3v) is 4.00. The lowest BCUT2D eigenvalue weighted by molar-refractivity contribution is -0.107. The third kappa shape index (κ3) is 4.81. The Bertz CT molecular complexity index is 762. The number of hydrogen-bond acceptors (Lipinski definition) is 3. The Kier molecular flexibility index (Phi) is 6.72. The van der Waals surface area contributed by atoms with Crippen LogP contribution in [0.2, 0.25) is 0 Å². The summed E-state index contributed by atoms with van der Waals surface area (Å²) >= 11 is 0. The van der Waals surface area contributed by atoms with Gasteiger partial charge in [-0.3, -0.25) is 4.90 Å². The van der Waals surface area contributed by atoms with Gasteiger partial charge in [-0.1, -0.05) is 18.2 Å². The predicted octanol–water partition coefficient (Wildman–Crippen LogP) is 3.79. The van der Waals surface area contributed by atoms with E-state index in [4.69, 9.17) is 4.74 Å². The molecule has 6 heteroatoms. The molecule has 0 N–H and O–H groups in total. The van der Waals surface area contributed by atoms with Crippen LogP contribution in [0.3, 0.4) is 0 Å². The van der Waals surface area contributed by atoms with Gasteiger partial charge in [-0.25, -0.2) is 9.18 Å². The van der Waals surface area contributed by atoms with Crippen molar-refractivity contribution in [3.05, 3.63) is 59.4 Å². The number of hydrogen-bond donors (Lipinski definition) is 0. The molecule has 0 unspecified atom stereocenters. The first kappa shape index (κ1) is 19.4. The van der Waals surface area contributed by atoms with E-state index in [1.807, 2.05) is 24.3 Å². The Balaban J connectivity index is 2.19. The Morgan fingerprint density at radius 2 is 1.88 bits per heavy atom. The molecule has 2 rings (SSSR count). The molecule has 0 atom stereocenters. The fourth-order valence-electron chi connectivity index (χ4n) is 2.61. The van der Waals surface area contributed by atoms with E-state index < -0.39 is 5.82 Å². The van der Waals surface area contributed by atoms with Crippen LogP contribution in [0.5, 0.6) is 5.75 Å². The van der Waals surface area contributed by atoms with Crippen LogP contribution in [-0.4, -0.2) is 37.9 Å². The van der Waals surface area contributed by atoms with E-state index in [-0.39, 0.29) is 24.7 Å². The van der Waals surface area contributed by atoms with Crippen molar-refractivity contribution in [1.29, 1.82) is 0 Å². The number of halogens is 1. The zero-order valence-electron chi connectivity index (χ0n) is 15.2. The Morgan fingerprint density at radius 3 is 2.46 bits per heavy atom. The van der Waals surface area contributed by atoms with Gasteiger partial charge in [-0.05, 0) is 42.3 Å². The molecule has 0 aliphatic carbocycles. The Hall–Kier alpha value is -2.89. The lowest BCUT2D eigenvalue weighted by atomic mass is 10.2. The van der Waals surface area contributed by atoms with Crippen molar-refractivity contribution < 1.29 is 18.7 Å². The number of anilines is 1. The lowest BCUT2D eigenvalue weighted by Crippen LogP contribution is -2.42. The summed E-state index contributed by atoms with van der Waals surface area (Å²) in [6.07, 6.45) is 0.852. The second-order valence-electron chi connectivity index (χ2n) is 6.05. The largest absolute Gasteiger partial charge is 0.497 e. The molecule has 2 aromatic carbocycles. The monoisotopic (exact) mass is 358 g/mol. The van der Waals surface area contributed by atoms with Crippen LogP contribution < -0.4 is 9.64 Å². The molecule has 0 spiro atoms. The normalized spacial score (nSPS) is 10.3. The molecule has 0 aliphatic rings. The molecule has 5 nitrogen and oxygen atoms in total. The van der Waals surface area contributed by atoms with E-state index in [2.05, 4.69) is 0 Å². The number of amides is 2. The molecule has 0 radical (unpaired) electrons. The minimum Gasteiger partial charge on any atom is -0.497 e. The minimum absolute atomic E-state index is 0.120. The van der Waals surface area contributed by atoms with Gasteiger partial charge in [0, 0.05) is 26.6 Å². The fourth-order valence-corrected chi connectivity index (χ4v) is 2.61. The summed E-state index contributed by atoms with van der Waals surface area (Å²) in [5, 5.41) is 0. The van der Waals surface area contributed by atoms with Crippen molar-refractivity contribution in [1.82, 2.24) is 4.90 Å². The number of carbonyl (C=O) groups excluding carboxylic acids is 2. The maximum absolute atomic E-state index is 14.3. The summed E-state index contributed by atoms with van der Waals surface area (Å²) in [5.74, 6) is 0.249. The van der Waals surface area contributed by atoms with Crippen molar-refractivity contribution in [2.45, 2.75) is 19.9 Å². The summed E-state index contributed by atoms with van der Waals surface area (Å²) in [6.45, 7) is 2.25. The van der Waals surface area contributed by atoms with E-state index in [0.717, 1.165) is 23.2 Å². The number of carbonyl (C=O) groups is 2. The summed E-state index contributed by atoms with van der Waals surface area (Å²) < 4.78 is 19.5. The highest BCUT2D eigenvalue weighted by Gasteiger charge is 2.22. The first-order chi connectivity index (χ1) is 12.5. The van der Waals surface area contributed by atoms with Crippen LogP contribution in [0.4, 0.5) is 14.9 Å². The second kappa shape index (κ2) is 8.99. The highest BCUT2D eigenvalue weighted by Crippen LogP contribution is 2.22. The van der Waals surface area contributed by atoms with Crippen LogP contribution in [0.15, 0.2) is 42.5 Å². The number of benzene rings is 2. The van der Waals surface area contributed by atoms with E-state index in [9.17, 15) is 14.0 Å². The standard InChI is InChI=1S/C20H23FN2O3/c1-15-5-10-19(18(21)13-15)23(11-4-12-24)20(25)22(2)14-16-6-8-17(26-3)9-7-16/h5-10,12-13H,4,11,14H2,1-3H3. The lowest BCUT2D eigenvalue weighted by Gasteiger charge is -2.28. The SMILES string of the molecule is COc1ccc(CN(C)C(=O)N(CCC=O)c2ccc(C)cc2F)cc1. The maximum Gasteiger partial charge on any atom is 0.324 e. The van der Waals surface area contributed by atoms with E-state index in [1.54, 1.807) is 33.2 Å². The third-order valence-electron chi connectivity index (χ3n) is 4.00. The number of methoxy groups -OCH3 is 1. The number of rotatable bonds is 7. The molecular formula is C20H23FN2O3. The molecule has 0 bridgehead atoms. The highest BCUT2D eigenvalue weighted by molar-refractivity contribution is 5.92. The zero-order chi connectivity index (χ0) is 19.1. The van der Waals surface area contributed by atoms with Gasteiger partial charge in [-0.2, -0.15) is 0 Å². The number of aldehydes is 1. The fraction of sp³-hybridized carbons (Fsp3) is 0.300. The molecule has 2 amide bonds. The summed E-state index contributed by atoms with van der Waals surface area (Å²) in [7, 11) is 3.23. The van der Waals surface area contributed by atoms with Crippen molar-refractivity contribution in [2.75, 3.05) is 25.6 Å². The second-order valence-corrected chi connectivity index (χ2v) is 6.05. The van der Waals surface area contributed by atoms with Gasteiger partial charge in [0.15, 0.2) is 0 Å². The van der Waals surface area contributed by atoms with Crippen LogP contribution >= 0.6 is 0 Å². The van der Waals surface area contributed by atoms with Gasteiger partial charge >= 0.3 is 6.03 Å². The molecule has 0 heterocycles. The molecule has 138 valence electrons. The van der Waals surface area contributed by atoms with Gasteiger partial charge in [0.1, 0.15) is 17.9 Å². The van der Waals surface area contributed by atoms with Crippen LogP contribution in [0, 0.1) is 12.7 Å². The molecule has 2 aromatic rings. The molecule has 0 aliphatic heterocycles. The average molecular weight is 358 g/mol. The first-order valence-corrected chi connectivity index (χ1v) is 8.31. The van der Waals surface area contributed by atoms with Crippen molar-refractivity contribution in [3.63, 3.8) is 0 Å². The number of ether oxygens (including phenoxy) is 1. The predicted molar refractivity (Wildman–Crippen MR) is 99.0 cm³/mol. The first-order valence-electron chi connectivity index (χ1n) is 8.31. The van der Waals surface area contributed by atoms with Crippen molar-refractivity contribution in [2.24, 2.45) is 0 Å². The summed E-state index contributed by atoms with van der Waals surface area (Å²) in [5.41, 5.74) is 1.85. The van der Waals surface area contributed by atoms with Gasteiger partial charge in [0.25, 0.3) is 0 Å². The van der Waals surface area contributed by atoms with Gasteiger partial charge in [0.05, 0.1) is 12.8 Å². The number of aryl methyl sites for hydroxylation is 1. The van der Waals surface area contributed by atoms with Crippen LogP contribution in [0.25, 0.3) is 0 Å². The van der Waals surface area contributed by atoms with Gasteiger partial charge in [0.2, 0.25) is 0 Å². The van der Waals surface area contributed by atoms with Crippen LogP contribution in [0.1, 0.15) is 17.5 Å². The molecule has 0 fully saturated rings. The summed E-state index contributed by atoms with van der Waals surface area (Å²) in [4.78, 5) is 26.4. The maximum atomic E-state index is 14.3. The molecule has 0 saturated carbocycles. The molecule has 0 aromatic heterocycles. The van der Waals surface area contributed by atoms with E-state index in [0.29, 0.717) is 6.54 Å². The Labute approximate surface area is 153 Å². The average Bonchev–Trinajstić information content (AvgIpc) is 2.63. The Morgan fingerprint density at radius 1 is 1.19 bits per heavy atom. The van der Waals surface area contributed by atoms with Crippen molar-refractivity contribution >= 4 is 18.0 Å². The zero-order valence-corrected chi connectivity index (χ0v) is 15.2. The molecular weight excluding hydrogens is 335 g/mol. The van der Waals surface area contributed by atoms with E-state index >= 15 is 0 Å². The number of urea groups is 1. The molecule has 26 heavy (non-hydrogen) atoms. The molecule has 0 saturated heterocycles. The highest BCUT2D eigenvalue weighted by atomic mass is 19.1. The summed E-state index contributed by atoms with van der Waals surface area (Å²) in [6, 6.07) is 11.7. The van der Waals surface area contributed by atoms with Crippen LogP contribution in [-0.2, 0) is 11.3 Å².